The zero-order valence-electron chi connectivity index (χ0n) is 10.4. The van der Waals surface area contributed by atoms with Crippen molar-refractivity contribution in [2.24, 2.45) is 0 Å². The van der Waals surface area contributed by atoms with E-state index in [9.17, 15) is 4.79 Å². The molecule has 0 aliphatic carbocycles. The van der Waals surface area contributed by atoms with Gasteiger partial charge in [0.15, 0.2) is 10.3 Å². The van der Waals surface area contributed by atoms with Gasteiger partial charge in [-0.05, 0) is 12.5 Å². The molecule has 19 heavy (non-hydrogen) atoms. The fourth-order valence-corrected chi connectivity index (χ4v) is 1.49. The zero-order valence-corrected chi connectivity index (χ0v) is 11.9. The van der Waals surface area contributed by atoms with Crippen molar-refractivity contribution in [3.8, 4) is 0 Å². The quantitative estimate of drug-likeness (QED) is 0.540. The third-order valence-electron chi connectivity index (χ3n) is 2.04. The Balaban J connectivity index is 2.26. The van der Waals surface area contributed by atoms with Gasteiger partial charge in [0, 0.05) is 20.3 Å². The van der Waals surface area contributed by atoms with Crippen LogP contribution in [0, 0.1) is 0 Å². The second kappa shape index (κ2) is 9.03. The molecule has 1 heterocycles. The minimum absolute atomic E-state index is 0.0459. The molecule has 1 aromatic heterocycles. The number of aromatic nitrogens is 2. The Morgan fingerprint density at radius 3 is 2.74 bits per heavy atom. The van der Waals surface area contributed by atoms with Gasteiger partial charge < -0.3 is 14.2 Å². The number of hydrogen-bond acceptors (Lipinski definition) is 6. The van der Waals surface area contributed by atoms with Crippen LogP contribution in [-0.4, -0.2) is 49.7 Å². The van der Waals surface area contributed by atoms with E-state index in [1.54, 1.807) is 7.11 Å². The van der Waals surface area contributed by atoms with Crippen LogP contribution in [0.2, 0.25) is 10.3 Å². The maximum absolute atomic E-state index is 11.6. The first-order chi connectivity index (χ1) is 9.15. The van der Waals surface area contributed by atoms with Crippen molar-refractivity contribution in [3.05, 3.63) is 21.9 Å². The molecule has 0 N–H and O–H groups in total. The summed E-state index contributed by atoms with van der Waals surface area (Å²) in [7, 11) is 1.62. The summed E-state index contributed by atoms with van der Waals surface area (Å²) in [6.45, 7) is 1.62. The number of ether oxygens (including phenoxy) is 3. The van der Waals surface area contributed by atoms with Gasteiger partial charge in [0.25, 0.3) is 0 Å². The first-order valence-electron chi connectivity index (χ1n) is 5.57. The maximum atomic E-state index is 11.6. The maximum Gasteiger partial charge on any atom is 0.341 e. The fourth-order valence-electron chi connectivity index (χ4n) is 1.17. The Morgan fingerprint density at radius 1 is 1.21 bits per heavy atom. The third-order valence-corrected chi connectivity index (χ3v) is 2.50. The van der Waals surface area contributed by atoms with Gasteiger partial charge in [-0.2, -0.15) is 0 Å². The summed E-state index contributed by atoms with van der Waals surface area (Å²) in [4.78, 5) is 11.6. The molecule has 0 aliphatic heterocycles. The Kier molecular flexibility index (Phi) is 7.66. The largest absolute Gasteiger partial charge is 0.460 e. The standard InChI is InChI=1S/C11H14Cl2N2O4/c1-17-3-2-4-18-5-6-19-11(16)8-7-9(12)14-15-10(8)13/h7H,2-6H2,1H3. The Labute approximate surface area is 121 Å². The molecule has 0 amide bonds. The molecular formula is C11H14Cl2N2O4. The van der Waals surface area contributed by atoms with Crippen LogP contribution in [0.1, 0.15) is 16.8 Å². The molecule has 6 nitrogen and oxygen atoms in total. The van der Waals surface area contributed by atoms with Crippen molar-refractivity contribution in [1.29, 1.82) is 0 Å². The summed E-state index contributed by atoms with van der Waals surface area (Å²) in [5.41, 5.74) is 0.0843. The van der Waals surface area contributed by atoms with E-state index in [2.05, 4.69) is 10.2 Å². The van der Waals surface area contributed by atoms with Gasteiger partial charge in [-0.25, -0.2) is 4.79 Å². The van der Waals surface area contributed by atoms with Crippen molar-refractivity contribution < 1.29 is 19.0 Å². The van der Waals surface area contributed by atoms with Crippen LogP contribution in [0.5, 0.6) is 0 Å². The Morgan fingerprint density at radius 2 is 2.00 bits per heavy atom. The Bertz CT molecular complexity index is 418. The lowest BCUT2D eigenvalue weighted by Gasteiger charge is -2.06. The van der Waals surface area contributed by atoms with E-state index in [0.717, 1.165) is 6.42 Å². The lowest BCUT2D eigenvalue weighted by molar-refractivity contribution is 0.0287. The van der Waals surface area contributed by atoms with Crippen LogP contribution in [0.3, 0.4) is 0 Å². The Hall–Kier alpha value is -0.950. The molecule has 1 rings (SSSR count). The van der Waals surface area contributed by atoms with Gasteiger partial charge in [-0.15, -0.1) is 10.2 Å². The molecule has 0 spiro atoms. The molecule has 0 radical (unpaired) electrons. The lowest BCUT2D eigenvalue weighted by atomic mass is 10.3. The van der Waals surface area contributed by atoms with Crippen LogP contribution in [0.25, 0.3) is 0 Å². The van der Waals surface area contributed by atoms with Crippen LogP contribution < -0.4 is 0 Å². The van der Waals surface area contributed by atoms with E-state index in [1.807, 2.05) is 0 Å². The smallest absolute Gasteiger partial charge is 0.341 e. The highest BCUT2D eigenvalue weighted by Gasteiger charge is 2.14. The average molecular weight is 309 g/mol. The van der Waals surface area contributed by atoms with E-state index in [1.165, 1.54) is 6.07 Å². The summed E-state index contributed by atoms with van der Waals surface area (Å²) in [5, 5.41) is 7.04. The van der Waals surface area contributed by atoms with Gasteiger partial charge in [-0.1, -0.05) is 23.2 Å². The van der Waals surface area contributed by atoms with E-state index in [4.69, 9.17) is 37.4 Å². The molecule has 1 aromatic rings. The monoisotopic (exact) mass is 308 g/mol. The van der Waals surface area contributed by atoms with Gasteiger partial charge in [0.2, 0.25) is 0 Å². The molecule has 0 fully saturated rings. The predicted octanol–water partition coefficient (Wildman–Crippen LogP) is 1.99. The van der Waals surface area contributed by atoms with Crippen molar-refractivity contribution >= 4 is 29.2 Å². The van der Waals surface area contributed by atoms with E-state index < -0.39 is 5.97 Å². The fraction of sp³-hybridized carbons (Fsp3) is 0.545. The van der Waals surface area contributed by atoms with Crippen molar-refractivity contribution in [2.75, 3.05) is 33.5 Å². The number of rotatable bonds is 8. The second-order valence-electron chi connectivity index (χ2n) is 3.47. The van der Waals surface area contributed by atoms with E-state index in [0.29, 0.717) is 19.8 Å². The first kappa shape index (κ1) is 16.1. The first-order valence-corrected chi connectivity index (χ1v) is 6.33. The zero-order chi connectivity index (χ0) is 14.1. The normalized spacial score (nSPS) is 10.5. The van der Waals surface area contributed by atoms with Gasteiger partial charge in [0.05, 0.1) is 6.61 Å². The number of methoxy groups -OCH3 is 1. The predicted molar refractivity (Wildman–Crippen MR) is 69.6 cm³/mol. The molecule has 0 aromatic carbocycles. The third kappa shape index (κ3) is 6.15. The van der Waals surface area contributed by atoms with Gasteiger partial charge in [-0.3, -0.25) is 0 Å². The van der Waals surface area contributed by atoms with E-state index in [-0.39, 0.29) is 22.5 Å². The molecular weight excluding hydrogens is 295 g/mol. The average Bonchev–Trinajstić information content (AvgIpc) is 2.40. The highest BCUT2D eigenvalue weighted by atomic mass is 35.5. The van der Waals surface area contributed by atoms with Gasteiger partial charge >= 0.3 is 5.97 Å². The van der Waals surface area contributed by atoms with Crippen molar-refractivity contribution in [2.45, 2.75) is 6.42 Å². The summed E-state index contributed by atoms with van der Waals surface area (Å²) < 4.78 is 15.1. The van der Waals surface area contributed by atoms with E-state index >= 15 is 0 Å². The molecule has 8 heteroatoms. The topological polar surface area (TPSA) is 70.5 Å². The minimum atomic E-state index is -0.609. The highest BCUT2D eigenvalue weighted by molar-refractivity contribution is 6.33. The summed E-state index contributed by atoms with van der Waals surface area (Å²) in [6, 6.07) is 1.30. The number of nitrogens with zero attached hydrogens (tertiary/aromatic N) is 2. The minimum Gasteiger partial charge on any atom is -0.460 e. The molecule has 0 atom stereocenters. The number of halogens is 2. The van der Waals surface area contributed by atoms with Crippen molar-refractivity contribution in [3.63, 3.8) is 0 Å². The molecule has 0 unspecified atom stereocenters. The number of carbonyl (C=O) groups excluding carboxylic acids is 1. The molecule has 106 valence electrons. The molecule has 0 aliphatic rings. The van der Waals surface area contributed by atoms with Crippen molar-refractivity contribution in [1.82, 2.24) is 10.2 Å². The second-order valence-corrected chi connectivity index (χ2v) is 4.21. The molecule has 0 saturated carbocycles. The molecule has 0 saturated heterocycles. The molecule has 0 bridgehead atoms. The highest BCUT2D eigenvalue weighted by Crippen LogP contribution is 2.16. The van der Waals surface area contributed by atoms with Crippen LogP contribution >= 0.6 is 23.2 Å². The number of hydrogen-bond donors (Lipinski definition) is 0. The van der Waals surface area contributed by atoms with Crippen LogP contribution in [0.4, 0.5) is 0 Å². The lowest BCUT2D eigenvalue weighted by Crippen LogP contribution is -2.13. The van der Waals surface area contributed by atoms with Crippen LogP contribution in [-0.2, 0) is 14.2 Å². The SMILES string of the molecule is COCCCOCCOC(=O)c1cc(Cl)nnc1Cl. The summed E-state index contributed by atoms with van der Waals surface area (Å²) >= 11 is 11.3. The number of esters is 1. The van der Waals surface area contributed by atoms with Crippen LogP contribution in [0.15, 0.2) is 6.07 Å². The number of carbonyl (C=O) groups is 1. The van der Waals surface area contributed by atoms with Gasteiger partial charge in [0.1, 0.15) is 12.2 Å². The summed E-state index contributed by atoms with van der Waals surface area (Å²) in [6.07, 6.45) is 0.792. The summed E-state index contributed by atoms with van der Waals surface area (Å²) in [5.74, 6) is -0.609.